The van der Waals surface area contributed by atoms with Gasteiger partial charge in [-0.3, -0.25) is 14.5 Å². The number of pyridine rings is 1. The van der Waals surface area contributed by atoms with Gasteiger partial charge < -0.3 is 53.1 Å². The van der Waals surface area contributed by atoms with E-state index in [4.69, 9.17) is 4.74 Å². The Morgan fingerprint density at radius 1 is 0.234 bits per heavy atom. The minimum absolute atomic E-state index is 0.0306. The number of aryl methyl sites for hydroxylation is 2. The van der Waals surface area contributed by atoms with Crippen molar-refractivity contribution in [3.05, 3.63) is 480 Å². The van der Waals surface area contributed by atoms with Gasteiger partial charge in [0.15, 0.2) is 16.9 Å². The number of nitrogens with zero attached hydrogens (tertiary/aromatic N) is 11. The minimum Gasteiger partial charge on any atom is -0.453 e. The number of carbonyl (C=O) groups is 1. The Kier molecular flexibility index (Phi) is 27.0. The zero-order valence-electron chi connectivity index (χ0n) is 82.0. The normalized spacial score (nSPS) is 13.1. The Hall–Kier alpha value is -16.8. The lowest BCUT2D eigenvalue weighted by molar-refractivity contribution is -0.115. The third-order valence-electron chi connectivity index (χ3n) is 27.7. The van der Waals surface area contributed by atoms with Gasteiger partial charge in [0.2, 0.25) is 5.91 Å². The van der Waals surface area contributed by atoms with Gasteiger partial charge in [0.05, 0.1) is 79.3 Å². The number of hydrogen-bond donors (Lipinski definition) is 0. The standard InChI is InChI=1S/C16H17N.C15H14N2O.C14H14N2.C14H11NO.2C14H13N.C13H11NO.C13H11NS.C13H11N/c1-16(2)12-8-4-6-10-14(12)17(3)15-11-7-5-9-13(15)16;1-11(18)17-14-9-5-3-7-12(14)16(2)13-8-4-6-10-15(13)17;1-15-11-7-3-5-9-13(11)16(2)14-10-6-4-8-12(14)15;1-15-12-8-4-2-6-10(12)14(16)11-7-3-5-9-13(11)15;2*1-15-13-8-4-2-6-11(13)10-12-7-3-5-9-14(12)15;2*1-14-10-6-2-4-8-12(10)15-13-9-5-3-7-11(13)14;1-14-12-8-4-2-6-10(12)11-7-3-5-9-13(11)14/h4-11H,1-3H3;3-10H,1-2H3;3-10H,1-2H3;2-9H,1H3;2*2-9H,10H2,1H3;2*2-9H,1H3;2-9H,1H3. The Morgan fingerprint density at radius 3 is 0.780 bits per heavy atom. The van der Waals surface area contributed by atoms with Crippen LogP contribution in [0.1, 0.15) is 54.2 Å². The van der Waals surface area contributed by atoms with Crippen molar-refractivity contribution in [3.8, 4) is 11.5 Å². The van der Waals surface area contributed by atoms with Crippen LogP contribution < -0.4 is 54.3 Å². The predicted molar refractivity (Wildman–Crippen MR) is 597 cm³/mol. The maximum atomic E-state index is 12.2. The summed E-state index contributed by atoms with van der Waals surface area (Å²) in [4.78, 5) is 46.4. The number of para-hydroxylation sites is 24. The minimum atomic E-state index is 0.0306. The average Bonchev–Trinajstić information content (AvgIpc) is 1.32. The molecular formula is C126H115N11O3S. The molecule has 0 N–H and O–H groups in total. The van der Waals surface area contributed by atoms with Crippen LogP contribution in [0.25, 0.3) is 43.6 Å². The van der Waals surface area contributed by atoms with Gasteiger partial charge in [-0.1, -0.05) is 293 Å². The molecule has 2 aromatic heterocycles. The van der Waals surface area contributed by atoms with Crippen LogP contribution in [0.2, 0.25) is 0 Å². The molecule has 0 aliphatic carbocycles. The number of benzene rings is 18. The third-order valence-corrected chi connectivity index (χ3v) is 28.9. The Morgan fingerprint density at radius 2 is 0.447 bits per heavy atom. The van der Waals surface area contributed by atoms with Crippen LogP contribution in [-0.4, -0.2) is 71.4 Å². The molecule has 0 radical (unpaired) electrons. The number of rotatable bonds is 0. The van der Waals surface area contributed by atoms with E-state index in [-0.39, 0.29) is 16.8 Å². The summed E-state index contributed by atoms with van der Waals surface area (Å²) in [6.07, 6.45) is 2.10. The highest BCUT2D eigenvalue weighted by Gasteiger charge is 2.35. The molecule has 0 saturated heterocycles. The first-order chi connectivity index (χ1) is 68.7. The van der Waals surface area contributed by atoms with Crippen LogP contribution in [0.3, 0.4) is 0 Å². The largest absolute Gasteiger partial charge is 0.453 e. The van der Waals surface area contributed by atoms with E-state index < -0.39 is 0 Å². The lowest BCUT2D eigenvalue weighted by Gasteiger charge is -2.40. The van der Waals surface area contributed by atoms with Gasteiger partial charge in [0, 0.05) is 172 Å². The summed E-state index contributed by atoms with van der Waals surface area (Å²) in [5.74, 6) is 1.86. The molecule has 0 unspecified atom stereocenters. The first-order valence-corrected chi connectivity index (χ1v) is 48.7. The first-order valence-electron chi connectivity index (χ1n) is 47.9. The lowest BCUT2D eigenvalue weighted by Crippen LogP contribution is -2.30. The highest BCUT2D eigenvalue weighted by molar-refractivity contribution is 7.99. The van der Waals surface area contributed by atoms with Gasteiger partial charge in [-0.2, -0.15) is 0 Å². The number of aromatic nitrogens is 2. The van der Waals surface area contributed by atoms with Crippen molar-refractivity contribution in [2.45, 2.75) is 48.8 Å². The number of ether oxygens (including phenoxy) is 1. The predicted octanol–water partition coefficient (Wildman–Crippen LogP) is 31.3. The number of fused-ring (bicyclic) bond motifs is 19. The molecule has 7 aliphatic rings. The molecule has 15 heteroatoms. The molecule has 7 aliphatic heterocycles. The molecular weight excluding hydrogens is 1750 g/mol. The summed E-state index contributed by atoms with van der Waals surface area (Å²) in [7, 11) is 21.0. The van der Waals surface area contributed by atoms with Crippen molar-refractivity contribution in [2.75, 3.05) is 100 Å². The van der Waals surface area contributed by atoms with E-state index in [2.05, 4.69) is 422 Å². The molecule has 27 rings (SSSR count). The number of hydrogen-bond acceptors (Lipinski definition) is 12. The molecule has 0 spiro atoms. The molecule has 0 fully saturated rings. The number of anilines is 18. The second-order valence-corrected chi connectivity index (χ2v) is 37.5. The van der Waals surface area contributed by atoms with Crippen molar-refractivity contribution in [1.82, 2.24) is 9.13 Å². The van der Waals surface area contributed by atoms with E-state index in [0.717, 1.165) is 80.3 Å². The van der Waals surface area contributed by atoms with Gasteiger partial charge in [-0.25, -0.2) is 0 Å². The average molecular weight is 1860 g/mol. The van der Waals surface area contributed by atoms with Crippen molar-refractivity contribution in [3.63, 3.8) is 0 Å². The molecule has 14 nitrogen and oxygen atoms in total. The zero-order valence-corrected chi connectivity index (χ0v) is 82.9. The highest BCUT2D eigenvalue weighted by atomic mass is 32.2. The molecule has 698 valence electrons. The van der Waals surface area contributed by atoms with Crippen LogP contribution >= 0.6 is 11.8 Å². The summed E-state index contributed by atoms with van der Waals surface area (Å²) in [6.45, 7) is 6.20. The van der Waals surface area contributed by atoms with Gasteiger partial charge in [-0.05, 0) is 203 Å². The molecule has 18 aromatic carbocycles. The fraction of sp³-hybridized carbons (Fsp3) is 0.127. The summed E-state index contributed by atoms with van der Waals surface area (Å²) in [6, 6.07) is 150. The maximum absolute atomic E-state index is 12.2. The van der Waals surface area contributed by atoms with Crippen molar-refractivity contribution in [1.29, 1.82) is 0 Å². The summed E-state index contributed by atoms with van der Waals surface area (Å²) in [5.41, 5.74) is 35.0. The molecule has 0 saturated carbocycles. The molecule has 1 amide bonds. The third kappa shape index (κ3) is 18.5. The smallest absolute Gasteiger partial charge is 0.228 e. The van der Waals surface area contributed by atoms with E-state index in [1.54, 1.807) is 11.8 Å². The summed E-state index contributed by atoms with van der Waals surface area (Å²) >= 11 is 1.84. The van der Waals surface area contributed by atoms with E-state index in [0.29, 0.717) is 0 Å². The topological polar surface area (TPSA) is 82.4 Å². The summed E-state index contributed by atoms with van der Waals surface area (Å²) in [5, 5.41) is 4.24. The van der Waals surface area contributed by atoms with Gasteiger partial charge in [-0.15, -0.1) is 0 Å². The van der Waals surface area contributed by atoms with E-state index >= 15 is 0 Å². The maximum Gasteiger partial charge on any atom is 0.228 e. The van der Waals surface area contributed by atoms with Crippen molar-refractivity contribution in [2.24, 2.45) is 14.1 Å². The quantitative estimate of drug-likeness (QED) is 0.136. The number of amides is 1. The van der Waals surface area contributed by atoms with Crippen LogP contribution in [0.15, 0.2) is 451 Å². The zero-order chi connectivity index (χ0) is 97.5. The fourth-order valence-corrected chi connectivity index (χ4v) is 21.5. The summed E-state index contributed by atoms with van der Waals surface area (Å²) < 4.78 is 10.1. The van der Waals surface area contributed by atoms with Crippen molar-refractivity contribution >= 4 is 164 Å². The highest BCUT2D eigenvalue weighted by Crippen LogP contribution is 2.53. The molecule has 9 heterocycles. The molecule has 20 aromatic rings. The van der Waals surface area contributed by atoms with Crippen LogP contribution in [0.4, 0.5) is 102 Å². The van der Waals surface area contributed by atoms with E-state index in [9.17, 15) is 9.59 Å². The molecule has 0 atom stereocenters. The number of carbonyl (C=O) groups excluding carboxylic acids is 1. The Labute approximate surface area is 831 Å². The first kappa shape index (κ1) is 93.3. The van der Waals surface area contributed by atoms with E-state index in [1.807, 2.05) is 159 Å². The van der Waals surface area contributed by atoms with Crippen LogP contribution in [0, 0.1) is 0 Å². The van der Waals surface area contributed by atoms with Gasteiger partial charge in [0.25, 0.3) is 0 Å². The second-order valence-electron chi connectivity index (χ2n) is 36.4. The Balaban J connectivity index is 0.000000101. The Bertz CT molecular complexity index is 7190. The fourth-order valence-electron chi connectivity index (χ4n) is 20.4. The van der Waals surface area contributed by atoms with E-state index in [1.165, 1.54) is 133 Å². The SMILES string of the molecule is CC(=O)N1c2ccccc2N(C)c2ccccc21.CN1c2ccccc2C(C)(C)c2ccccc21.CN1c2ccccc2Cc2ccccc21.CN1c2ccccc2Cc2ccccc21.CN1c2ccccc2N(C)c2ccccc21.CN1c2ccccc2Oc2ccccc21.CN1c2ccccc2Sc2ccccc21.Cn1c2ccccc2c(=O)c2ccccc21.Cn1c2ccccc2c2ccccc21. The van der Waals surface area contributed by atoms with Gasteiger partial charge >= 0.3 is 0 Å². The van der Waals surface area contributed by atoms with Gasteiger partial charge in [0.1, 0.15) is 0 Å². The molecule has 0 bridgehead atoms. The van der Waals surface area contributed by atoms with Crippen LogP contribution in [0.5, 0.6) is 11.5 Å². The monoisotopic (exact) mass is 1860 g/mol. The second kappa shape index (κ2) is 40.9. The molecule has 141 heavy (non-hydrogen) atoms. The lowest BCUT2D eigenvalue weighted by atomic mass is 9.74. The van der Waals surface area contributed by atoms with Crippen LogP contribution in [-0.2, 0) is 37.1 Å². The van der Waals surface area contributed by atoms with Crippen molar-refractivity contribution < 1.29 is 9.53 Å².